The maximum absolute atomic E-state index is 9.57. The third-order valence-electron chi connectivity index (χ3n) is 10.3. The van der Waals surface area contributed by atoms with Crippen LogP contribution in [0.3, 0.4) is 0 Å². The summed E-state index contributed by atoms with van der Waals surface area (Å²) in [6, 6.07) is 56.3. The van der Waals surface area contributed by atoms with Crippen molar-refractivity contribution in [3.05, 3.63) is 163 Å². The van der Waals surface area contributed by atoms with Gasteiger partial charge in [0.25, 0.3) is 0 Å². The van der Waals surface area contributed by atoms with Gasteiger partial charge in [0.15, 0.2) is 17.5 Å². The molecule has 6 heteroatoms. The minimum Gasteiger partial charge on any atom is -0.455 e. The van der Waals surface area contributed by atoms with E-state index in [-0.39, 0.29) is 0 Å². The van der Waals surface area contributed by atoms with Gasteiger partial charge in [0.05, 0.1) is 11.6 Å². The van der Waals surface area contributed by atoms with Gasteiger partial charge in [-0.2, -0.15) is 5.26 Å². The predicted octanol–water partition coefficient (Wildman–Crippen LogP) is 13.0. The highest BCUT2D eigenvalue weighted by Crippen LogP contribution is 2.43. The van der Waals surface area contributed by atoms with E-state index >= 15 is 0 Å². The van der Waals surface area contributed by atoms with Crippen molar-refractivity contribution in [2.75, 3.05) is 0 Å². The summed E-state index contributed by atoms with van der Waals surface area (Å²) in [7, 11) is 0. The second-order valence-corrected chi connectivity index (χ2v) is 14.6. The van der Waals surface area contributed by atoms with E-state index in [2.05, 4.69) is 97.1 Å². The van der Waals surface area contributed by atoms with Gasteiger partial charge in [-0.3, -0.25) is 0 Å². The highest BCUT2D eigenvalue weighted by atomic mass is 32.1. The molecule has 250 valence electrons. The molecule has 0 aliphatic carbocycles. The molecule has 0 aliphatic rings. The molecule has 3 heterocycles. The Kier molecular flexibility index (Phi) is 6.72. The second kappa shape index (κ2) is 11.9. The topological polar surface area (TPSA) is 75.6 Å². The van der Waals surface area contributed by atoms with E-state index in [1.807, 2.05) is 66.7 Å². The van der Waals surface area contributed by atoms with Crippen LogP contribution in [0, 0.1) is 11.3 Å². The first-order valence-electron chi connectivity index (χ1n) is 17.7. The first-order valence-corrected chi connectivity index (χ1v) is 18.5. The third kappa shape index (κ3) is 4.80. The summed E-state index contributed by atoms with van der Waals surface area (Å²) in [5, 5.41) is 18.5. The van der Waals surface area contributed by atoms with Crippen molar-refractivity contribution < 1.29 is 4.42 Å². The number of hydrogen-bond donors (Lipinski definition) is 0. The number of benzene rings is 8. The minimum absolute atomic E-state index is 0.592. The number of rotatable bonds is 4. The Morgan fingerprint density at radius 2 is 1.02 bits per heavy atom. The van der Waals surface area contributed by atoms with Crippen LogP contribution in [-0.2, 0) is 0 Å². The molecule has 0 bridgehead atoms. The number of nitriles is 1. The summed E-state index contributed by atoms with van der Waals surface area (Å²) >= 11 is 1.78. The van der Waals surface area contributed by atoms with Crippen molar-refractivity contribution in [2.45, 2.75) is 0 Å². The molecule has 0 spiro atoms. The number of aromatic nitrogens is 3. The van der Waals surface area contributed by atoms with Gasteiger partial charge < -0.3 is 4.42 Å². The molecule has 11 aromatic rings. The van der Waals surface area contributed by atoms with E-state index in [0.29, 0.717) is 23.0 Å². The Morgan fingerprint density at radius 1 is 0.426 bits per heavy atom. The summed E-state index contributed by atoms with van der Waals surface area (Å²) in [6.07, 6.45) is 0. The average molecular weight is 707 g/mol. The smallest absolute Gasteiger partial charge is 0.164 e. The van der Waals surface area contributed by atoms with Gasteiger partial charge in [-0.05, 0) is 69.8 Å². The number of nitrogens with zero attached hydrogens (tertiary/aromatic N) is 4. The van der Waals surface area contributed by atoms with E-state index in [0.717, 1.165) is 71.3 Å². The van der Waals surface area contributed by atoms with E-state index in [9.17, 15) is 5.26 Å². The maximum atomic E-state index is 9.57. The number of para-hydroxylation sites is 1. The molecule has 0 N–H and O–H groups in total. The molecule has 0 aliphatic heterocycles. The molecule has 0 saturated carbocycles. The Morgan fingerprint density at radius 3 is 1.83 bits per heavy atom. The molecular formula is C48H26N4OS. The van der Waals surface area contributed by atoms with Gasteiger partial charge in [-0.25, -0.2) is 15.0 Å². The molecule has 0 atom stereocenters. The number of furan rings is 1. The Bertz CT molecular complexity index is 3360. The zero-order chi connectivity index (χ0) is 35.8. The van der Waals surface area contributed by atoms with E-state index in [4.69, 9.17) is 19.4 Å². The van der Waals surface area contributed by atoms with Crippen molar-refractivity contribution in [1.82, 2.24) is 15.0 Å². The van der Waals surface area contributed by atoms with Crippen molar-refractivity contribution >= 4 is 75.0 Å². The largest absolute Gasteiger partial charge is 0.455 e. The van der Waals surface area contributed by atoms with Gasteiger partial charge in [0.1, 0.15) is 11.2 Å². The van der Waals surface area contributed by atoms with Crippen LogP contribution in [0.1, 0.15) is 5.56 Å². The second-order valence-electron chi connectivity index (χ2n) is 13.5. The normalized spacial score (nSPS) is 11.7. The van der Waals surface area contributed by atoms with E-state index in [1.165, 1.54) is 20.2 Å². The standard InChI is InChI=1S/C48H26N4OS/c49-27-28-9-8-12-30(23-28)31-17-20-34-35-21-18-32(25-40(35)45-44(39(34)24-31)38-14-4-6-15-41(38)53-45)47-50-46(29-10-2-1-3-11-29)51-48(52-47)33-19-22-37-36-13-5-7-16-42(36)54-43(37)26-33/h1-26H. The van der Waals surface area contributed by atoms with Gasteiger partial charge in [0.2, 0.25) is 0 Å². The molecule has 0 saturated heterocycles. The summed E-state index contributed by atoms with van der Waals surface area (Å²) < 4.78 is 9.16. The predicted molar refractivity (Wildman–Crippen MR) is 221 cm³/mol. The van der Waals surface area contributed by atoms with Crippen molar-refractivity contribution in [2.24, 2.45) is 0 Å². The lowest BCUT2D eigenvalue weighted by molar-refractivity contribution is 0.673. The lowest BCUT2D eigenvalue weighted by Crippen LogP contribution is -2.00. The zero-order valence-electron chi connectivity index (χ0n) is 28.6. The fourth-order valence-corrected chi connectivity index (χ4v) is 8.90. The van der Waals surface area contributed by atoms with Gasteiger partial charge in [-0.15, -0.1) is 11.3 Å². The van der Waals surface area contributed by atoms with E-state index < -0.39 is 0 Å². The molecule has 11 rings (SSSR count). The van der Waals surface area contributed by atoms with Crippen LogP contribution in [0.25, 0.3) is 109 Å². The van der Waals surface area contributed by atoms with Crippen LogP contribution in [0.5, 0.6) is 0 Å². The van der Waals surface area contributed by atoms with Crippen molar-refractivity contribution in [1.29, 1.82) is 5.26 Å². The van der Waals surface area contributed by atoms with Crippen LogP contribution in [0.4, 0.5) is 0 Å². The monoisotopic (exact) mass is 706 g/mol. The van der Waals surface area contributed by atoms with Gasteiger partial charge >= 0.3 is 0 Å². The van der Waals surface area contributed by atoms with Crippen molar-refractivity contribution in [3.8, 4) is 51.4 Å². The van der Waals surface area contributed by atoms with Crippen LogP contribution in [0.15, 0.2) is 162 Å². The van der Waals surface area contributed by atoms with Crippen LogP contribution in [-0.4, -0.2) is 15.0 Å². The first-order chi connectivity index (χ1) is 26.7. The van der Waals surface area contributed by atoms with Crippen LogP contribution >= 0.6 is 11.3 Å². The molecule has 5 nitrogen and oxygen atoms in total. The molecule has 3 aromatic heterocycles. The fourth-order valence-electron chi connectivity index (χ4n) is 7.76. The molecule has 0 unspecified atom stereocenters. The summed E-state index contributed by atoms with van der Waals surface area (Å²) in [5.41, 5.74) is 7.06. The average Bonchev–Trinajstić information content (AvgIpc) is 3.82. The fraction of sp³-hybridized carbons (Fsp3) is 0. The van der Waals surface area contributed by atoms with Crippen LogP contribution < -0.4 is 0 Å². The van der Waals surface area contributed by atoms with Crippen molar-refractivity contribution in [3.63, 3.8) is 0 Å². The van der Waals surface area contributed by atoms with Gasteiger partial charge in [-0.1, -0.05) is 115 Å². The highest BCUT2D eigenvalue weighted by Gasteiger charge is 2.19. The maximum Gasteiger partial charge on any atom is 0.164 e. The highest BCUT2D eigenvalue weighted by molar-refractivity contribution is 7.25. The molecule has 54 heavy (non-hydrogen) atoms. The first kappa shape index (κ1) is 30.4. The molecular weight excluding hydrogens is 681 g/mol. The number of fused-ring (bicyclic) bond motifs is 11. The summed E-state index contributed by atoms with van der Waals surface area (Å²) in [4.78, 5) is 15.2. The molecule has 0 radical (unpaired) electrons. The quantitative estimate of drug-likeness (QED) is 0.170. The SMILES string of the molecule is N#Cc1cccc(-c2ccc3c4ccc(-c5nc(-c6ccccc6)nc(-c6ccc7c(c6)sc6ccccc67)n5)cc4c4oc5ccccc5c4c3c2)c1. The zero-order valence-corrected chi connectivity index (χ0v) is 29.4. The summed E-state index contributed by atoms with van der Waals surface area (Å²) in [6.45, 7) is 0. The molecule has 0 fully saturated rings. The molecule has 0 amide bonds. The third-order valence-corrected chi connectivity index (χ3v) is 11.5. The Balaban J connectivity index is 1.14. The Hall–Kier alpha value is -7.20. The van der Waals surface area contributed by atoms with Gasteiger partial charge in [0, 0.05) is 53.0 Å². The lowest BCUT2D eigenvalue weighted by Gasteiger charge is -2.12. The van der Waals surface area contributed by atoms with E-state index in [1.54, 1.807) is 11.3 Å². The lowest BCUT2D eigenvalue weighted by atomic mass is 9.92. The number of thiophene rings is 1. The Labute approximate surface area is 313 Å². The molecule has 8 aromatic carbocycles. The number of hydrogen-bond acceptors (Lipinski definition) is 6. The summed E-state index contributed by atoms with van der Waals surface area (Å²) in [5.74, 6) is 1.83. The van der Waals surface area contributed by atoms with Crippen LogP contribution in [0.2, 0.25) is 0 Å². The minimum atomic E-state index is 0.592.